The van der Waals surface area contributed by atoms with Gasteiger partial charge in [-0.25, -0.2) is 0 Å². The molecule has 2 rings (SSSR count). The monoisotopic (exact) mass is 180 g/mol. The highest BCUT2D eigenvalue weighted by atomic mass is 16.1. The van der Waals surface area contributed by atoms with Gasteiger partial charge in [-0.1, -0.05) is 26.2 Å². The Bertz CT molecular complexity index is 195. The van der Waals surface area contributed by atoms with Gasteiger partial charge in [-0.05, 0) is 37.5 Å². The van der Waals surface area contributed by atoms with Crippen LogP contribution in [0.1, 0.15) is 51.9 Å². The third-order valence-electron chi connectivity index (χ3n) is 4.21. The highest BCUT2D eigenvalue weighted by Crippen LogP contribution is 2.47. The van der Waals surface area contributed by atoms with E-state index >= 15 is 0 Å². The third-order valence-corrected chi connectivity index (χ3v) is 4.21. The van der Waals surface area contributed by atoms with Crippen molar-refractivity contribution in [3.63, 3.8) is 0 Å². The Balaban J connectivity index is 1.92. The van der Waals surface area contributed by atoms with Crippen LogP contribution in [-0.4, -0.2) is 6.29 Å². The summed E-state index contributed by atoms with van der Waals surface area (Å²) in [6, 6.07) is 0. The Hall–Kier alpha value is -0.330. The van der Waals surface area contributed by atoms with Gasteiger partial charge in [0.2, 0.25) is 0 Å². The third kappa shape index (κ3) is 1.79. The maximum Gasteiger partial charge on any atom is 0.126 e. The highest BCUT2D eigenvalue weighted by Gasteiger charge is 2.40. The molecule has 2 unspecified atom stereocenters. The number of hydrogen-bond donors (Lipinski definition) is 0. The standard InChI is InChI=1S/C12H20O/c1-10-3-2-7-12(10,9-13)8-6-11-4-5-11/h9-11H,2-8H2,1H3. The van der Waals surface area contributed by atoms with Crippen LogP contribution in [0.3, 0.4) is 0 Å². The molecule has 0 aliphatic heterocycles. The molecule has 2 saturated carbocycles. The Kier molecular flexibility index (Phi) is 2.44. The molecule has 0 bridgehead atoms. The number of aldehydes is 1. The molecule has 2 fully saturated rings. The van der Waals surface area contributed by atoms with Crippen molar-refractivity contribution >= 4 is 6.29 Å². The van der Waals surface area contributed by atoms with Crippen molar-refractivity contribution in [3.05, 3.63) is 0 Å². The van der Waals surface area contributed by atoms with Crippen LogP contribution in [0.25, 0.3) is 0 Å². The average Bonchev–Trinajstić information content (AvgIpc) is 2.89. The van der Waals surface area contributed by atoms with Gasteiger partial charge >= 0.3 is 0 Å². The number of rotatable bonds is 4. The Labute approximate surface area is 80.9 Å². The van der Waals surface area contributed by atoms with Gasteiger partial charge in [0.15, 0.2) is 0 Å². The Morgan fingerprint density at radius 1 is 1.38 bits per heavy atom. The van der Waals surface area contributed by atoms with Crippen LogP contribution in [0.5, 0.6) is 0 Å². The molecule has 2 aliphatic carbocycles. The lowest BCUT2D eigenvalue weighted by Gasteiger charge is -2.27. The topological polar surface area (TPSA) is 17.1 Å². The van der Waals surface area contributed by atoms with E-state index in [1.165, 1.54) is 44.8 Å². The summed E-state index contributed by atoms with van der Waals surface area (Å²) in [5.74, 6) is 1.62. The van der Waals surface area contributed by atoms with Gasteiger partial charge in [-0.2, -0.15) is 0 Å². The normalized spacial score (nSPS) is 39.3. The van der Waals surface area contributed by atoms with E-state index in [1.807, 2.05) is 0 Å². The van der Waals surface area contributed by atoms with Crippen LogP contribution < -0.4 is 0 Å². The van der Waals surface area contributed by atoms with E-state index < -0.39 is 0 Å². The minimum absolute atomic E-state index is 0.0859. The molecule has 1 heteroatoms. The molecule has 0 radical (unpaired) electrons. The Morgan fingerprint density at radius 2 is 2.15 bits per heavy atom. The summed E-state index contributed by atoms with van der Waals surface area (Å²) in [6.07, 6.45) is 10.3. The zero-order chi connectivity index (χ0) is 9.31. The molecular weight excluding hydrogens is 160 g/mol. The van der Waals surface area contributed by atoms with E-state index in [-0.39, 0.29) is 5.41 Å². The van der Waals surface area contributed by atoms with E-state index in [9.17, 15) is 4.79 Å². The van der Waals surface area contributed by atoms with Gasteiger partial charge in [0.1, 0.15) is 6.29 Å². The largest absolute Gasteiger partial charge is 0.303 e. The minimum atomic E-state index is 0.0859. The number of carbonyl (C=O) groups is 1. The molecule has 0 saturated heterocycles. The first kappa shape index (κ1) is 9.23. The van der Waals surface area contributed by atoms with Crippen molar-refractivity contribution in [3.8, 4) is 0 Å². The van der Waals surface area contributed by atoms with Gasteiger partial charge in [0, 0.05) is 5.41 Å². The first-order chi connectivity index (χ1) is 6.27. The lowest BCUT2D eigenvalue weighted by atomic mass is 9.76. The van der Waals surface area contributed by atoms with Gasteiger partial charge in [0.25, 0.3) is 0 Å². The average molecular weight is 180 g/mol. The molecule has 2 aliphatic rings. The summed E-state index contributed by atoms with van der Waals surface area (Å²) in [6.45, 7) is 2.26. The van der Waals surface area contributed by atoms with Crippen LogP contribution in [0, 0.1) is 17.3 Å². The van der Waals surface area contributed by atoms with Gasteiger partial charge in [0.05, 0.1) is 0 Å². The molecule has 0 N–H and O–H groups in total. The summed E-state index contributed by atoms with van der Waals surface area (Å²) in [7, 11) is 0. The van der Waals surface area contributed by atoms with Crippen molar-refractivity contribution < 1.29 is 4.79 Å². The molecule has 0 spiro atoms. The summed E-state index contributed by atoms with van der Waals surface area (Å²) in [5, 5.41) is 0. The van der Waals surface area contributed by atoms with Crippen LogP contribution in [0.15, 0.2) is 0 Å². The lowest BCUT2D eigenvalue weighted by molar-refractivity contribution is -0.118. The molecule has 0 amide bonds. The van der Waals surface area contributed by atoms with Crippen molar-refractivity contribution in [2.45, 2.75) is 51.9 Å². The second-order valence-electron chi connectivity index (χ2n) is 5.13. The summed E-state index contributed by atoms with van der Waals surface area (Å²) in [5.41, 5.74) is 0.0859. The SMILES string of the molecule is CC1CCCC1(C=O)CCC1CC1. The Morgan fingerprint density at radius 3 is 2.62 bits per heavy atom. The number of carbonyl (C=O) groups excluding carboxylic acids is 1. The molecule has 0 aromatic carbocycles. The molecule has 0 heterocycles. The van der Waals surface area contributed by atoms with Crippen LogP contribution >= 0.6 is 0 Å². The van der Waals surface area contributed by atoms with Gasteiger partial charge in [-0.3, -0.25) is 0 Å². The molecule has 0 aromatic rings. The highest BCUT2D eigenvalue weighted by molar-refractivity contribution is 5.60. The first-order valence-corrected chi connectivity index (χ1v) is 5.73. The van der Waals surface area contributed by atoms with Crippen LogP contribution in [0.2, 0.25) is 0 Å². The van der Waals surface area contributed by atoms with Crippen molar-refractivity contribution in [1.29, 1.82) is 0 Å². The molecule has 74 valence electrons. The fourth-order valence-electron chi connectivity index (χ4n) is 2.76. The summed E-state index contributed by atoms with van der Waals surface area (Å²) >= 11 is 0. The first-order valence-electron chi connectivity index (χ1n) is 5.73. The van der Waals surface area contributed by atoms with Crippen LogP contribution in [-0.2, 0) is 4.79 Å². The smallest absolute Gasteiger partial charge is 0.126 e. The quantitative estimate of drug-likeness (QED) is 0.607. The fraction of sp³-hybridized carbons (Fsp3) is 0.917. The molecule has 2 atom stereocenters. The van der Waals surface area contributed by atoms with Crippen molar-refractivity contribution in [2.24, 2.45) is 17.3 Å². The van der Waals surface area contributed by atoms with E-state index in [0.717, 1.165) is 12.3 Å². The predicted molar refractivity (Wildman–Crippen MR) is 53.5 cm³/mol. The summed E-state index contributed by atoms with van der Waals surface area (Å²) < 4.78 is 0. The molecule has 13 heavy (non-hydrogen) atoms. The van der Waals surface area contributed by atoms with Gasteiger partial charge in [-0.15, -0.1) is 0 Å². The van der Waals surface area contributed by atoms with Crippen molar-refractivity contribution in [2.75, 3.05) is 0 Å². The van der Waals surface area contributed by atoms with Crippen molar-refractivity contribution in [1.82, 2.24) is 0 Å². The van der Waals surface area contributed by atoms with Gasteiger partial charge < -0.3 is 4.79 Å². The molecule has 1 nitrogen and oxygen atoms in total. The van der Waals surface area contributed by atoms with E-state index in [4.69, 9.17) is 0 Å². The van der Waals surface area contributed by atoms with E-state index in [2.05, 4.69) is 6.92 Å². The van der Waals surface area contributed by atoms with Crippen LogP contribution in [0.4, 0.5) is 0 Å². The van der Waals surface area contributed by atoms with E-state index in [0.29, 0.717) is 5.92 Å². The lowest BCUT2D eigenvalue weighted by Crippen LogP contribution is -2.25. The molecule has 0 aromatic heterocycles. The number of hydrogen-bond acceptors (Lipinski definition) is 1. The minimum Gasteiger partial charge on any atom is -0.303 e. The maximum absolute atomic E-state index is 11.2. The second-order valence-corrected chi connectivity index (χ2v) is 5.13. The zero-order valence-corrected chi connectivity index (χ0v) is 8.59. The van der Waals surface area contributed by atoms with E-state index in [1.54, 1.807) is 0 Å². The molecular formula is C12H20O. The predicted octanol–water partition coefficient (Wildman–Crippen LogP) is 3.18. The zero-order valence-electron chi connectivity index (χ0n) is 8.59. The summed E-state index contributed by atoms with van der Waals surface area (Å²) in [4.78, 5) is 11.2. The second kappa shape index (κ2) is 3.43. The maximum atomic E-state index is 11.2. The fourth-order valence-corrected chi connectivity index (χ4v) is 2.76.